The maximum absolute atomic E-state index is 14.7. The van der Waals surface area contributed by atoms with Gasteiger partial charge in [-0.2, -0.15) is 5.26 Å². The predicted molar refractivity (Wildman–Crippen MR) is 112 cm³/mol. The van der Waals surface area contributed by atoms with Crippen molar-refractivity contribution in [2.24, 2.45) is 10.7 Å². The summed E-state index contributed by atoms with van der Waals surface area (Å²) in [4.78, 5) is 4.71. The van der Waals surface area contributed by atoms with Crippen LogP contribution < -0.4 is 5.73 Å². The lowest BCUT2D eigenvalue weighted by Gasteiger charge is -2.19. The van der Waals surface area contributed by atoms with E-state index in [0.29, 0.717) is 35.4 Å². The summed E-state index contributed by atoms with van der Waals surface area (Å²) in [7, 11) is 0. The molecule has 28 heavy (non-hydrogen) atoms. The van der Waals surface area contributed by atoms with Gasteiger partial charge in [-0.05, 0) is 67.0 Å². The summed E-state index contributed by atoms with van der Waals surface area (Å²) >= 11 is 0. The maximum Gasteiger partial charge on any atom is 0.127 e. The zero-order valence-electron chi connectivity index (χ0n) is 16.5. The summed E-state index contributed by atoms with van der Waals surface area (Å²) in [6.07, 6.45) is 7.85. The second-order valence-electron chi connectivity index (χ2n) is 7.52. The monoisotopic (exact) mass is 377 g/mol. The Morgan fingerprint density at radius 3 is 2.64 bits per heavy atom. The van der Waals surface area contributed by atoms with E-state index in [2.05, 4.69) is 13.0 Å². The summed E-state index contributed by atoms with van der Waals surface area (Å²) in [6, 6.07) is 13.2. The first kappa shape index (κ1) is 20.1. The number of aryl methyl sites for hydroxylation is 2. The van der Waals surface area contributed by atoms with Crippen LogP contribution >= 0.6 is 0 Å². The molecule has 2 aromatic rings. The van der Waals surface area contributed by atoms with Gasteiger partial charge >= 0.3 is 0 Å². The van der Waals surface area contributed by atoms with E-state index in [1.807, 2.05) is 24.3 Å². The summed E-state index contributed by atoms with van der Waals surface area (Å²) in [5.41, 5.74) is 10.6. The van der Waals surface area contributed by atoms with Gasteiger partial charge < -0.3 is 5.73 Å². The van der Waals surface area contributed by atoms with E-state index in [-0.39, 0.29) is 11.9 Å². The highest BCUT2D eigenvalue weighted by molar-refractivity contribution is 5.99. The van der Waals surface area contributed by atoms with E-state index in [1.165, 1.54) is 30.9 Å². The predicted octanol–water partition coefficient (Wildman–Crippen LogP) is 5.08. The van der Waals surface area contributed by atoms with Crippen molar-refractivity contribution in [3.05, 3.63) is 70.0 Å². The first-order chi connectivity index (χ1) is 13.6. The molecule has 146 valence electrons. The number of nitrogens with zero attached hydrogens (tertiary/aromatic N) is 2. The SMILES string of the molecule is CCc1ccc(C#N)cc1CCc1c(F)cccc1C(N)=NC1CCCCC1. The molecule has 0 aliphatic heterocycles. The lowest BCUT2D eigenvalue weighted by Crippen LogP contribution is -2.21. The molecule has 0 radical (unpaired) electrons. The minimum absolute atomic E-state index is 0.242. The highest BCUT2D eigenvalue weighted by Gasteiger charge is 2.16. The number of amidine groups is 1. The molecule has 1 aliphatic carbocycles. The van der Waals surface area contributed by atoms with Gasteiger partial charge in [-0.3, -0.25) is 4.99 Å². The topological polar surface area (TPSA) is 62.2 Å². The quantitative estimate of drug-likeness (QED) is 0.563. The first-order valence-corrected chi connectivity index (χ1v) is 10.2. The fourth-order valence-corrected chi connectivity index (χ4v) is 4.06. The fourth-order valence-electron chi connectivity index (χ4n) is 4.06. The van der Waals surface area contributed by atoms with Crippen molar-refractivity contribution < 1.29 is 4.39 Å². The van der Waals surface area contributed by atoms with Crippen LogP contribution in [-0.2, 0) is 19.3 Å². The van der Waals surface area contributed by atoms with E-state index in [1.54, 1.807) is 6.07 Å². The number of aliphatic imine (C=N–C) groups is 1. The summed E-state index contributed by atoms with van der Waals surface area (Å²) in [5, 5.41) is 9.19. The Morgan fingerprint density at radius 1 is 1.14 bits per heavy atom. The highest BCUT2D eigenvalue weighted by atomic mass is 19.1. The largest absolute Gasteiger partial charge is 0.383 e. The molecule has 3 nitrogen and oxygen atoms in total. The van der Waals surface area contributed by atoms with Gasteiger partial charge in [-0.15, -0.1) is 0 Å². The van der Waals surface area contributed by atoms with Crippen molar-refractivity contribution in [2.75, 3.05) is 0 Å². The number of benzene rings is 2. The molecule has 0 amide bonds. The molecule has 0 bridgehead atoms. The molecule has 1 fully saturated rings. The van der Waals surface area contributed by atoms with E-state index < -0.39 is 0 Å². The van der Waals surface area contributed by atoms with Crippen LogP contribution in [-0.4, -0.2) is 11.9 Å². The van der Waals surface area contributed by atoms with Crippen molar-refractivity contribution in [2.45, 2.75) is 64.3 Å². The molecule has 1 saturated carbocycles. The van der Waals surface area contributed by atoms with Crippen LogP contribution in [0, 0.1) is 17.1 Å². The van der Waals surface area contributed by atoms with Gasteiger partial charge in [0.05, 0.1) is 17.7 Å². The van der Waals surface area contributed by atoms with Crippen LogP contribution in [0.5, 0.6) is 0 Å². The van der Waals surface area contributed by atoms with Crippen LogP contribution in [0.2, 0.25) is 0 Å². The molecular formula is C24H28FN3. The van der Waals surface area contributed by atoms with Crippen molar-refractivity contribution in [3.63, 3.8) is 0 Å². The molecule has 0 saturated heterocycles. The average Bonchev–Trinajstić information content (AvgIpc) is 2.73. The van der Waals surface area contributed by atoms with E-state index in [4.69, 9.17) is 10.7 Å². The highest BCUT2D eigenvalue weighted by Crippen LogP contribution is 2.23. The Bertz CT molecular complexity index is 889. The van der Waals surface area contributed by atoms with Crippen molar-refractivity contribution in [1.29, 1.82) is 5.26 Å². The van der Waals surface area contributed by atoms with Crippen molar-refractivity contribution in [1.82, 2.24) is 0 Å². The maximum atomic E-state index is 14.7. The van der Waals surface area contributed by atoms with Gasteiger partial charge in [0.25, 0.3) is 0 Å². The zero-order chi connectivity index (χ0) is 19.9. The molecular weight excluding hydrogens is 349 g/mol. The molecule has 4 heteroatoms. The molecule has 3 rings (SSSR count). The molecule has 0 spiro atoms. The third kappa shape index (κ3) is 4.78. The van der Waals surface area contributed by atoms with E-state index in [9.17, 15) is 9.65 Å². The van der Waals surface area contributed by atoms with Gasteiger partial charge in [-0.1, -0.05) is 44.4 Å². The van der Waals surface area contributed by atoms with Crippen molar-refractivity contribution in [3.8, 4) is 6.07 Å². The second-order valence-corrected chi connectivity index (χ2v) is 7.52. The zero-order valence-corrected chi connectivity index (χ0v) is 16.5. The van der Waals surface area contributed by atoms with Gasteiger partial charge in [-0.25, -0.2) is 4.39 Å². The van der Waals surface area contributed by atoms with Crippen LogP contribution in [0.15, 0.2) is 41.4 Å². The van der Waals surface area contributed by atoms with Gasteiger partial charge in [0.15, 0.2) is 0 Å². The normalized spacial score (nSPS) is 15.4. The summed E-state index contributed by atoms with van der Waals surface area (Å²) in [5.74, 6) is 0.205. The third-order valence-corrected chi connectivity index (χ3v) is 5.65. The molecule has 2 aromatic carbocycles. The molecule has 0 atom stereocenters. The molecule has 0 aromatic heterocycles. The minimum Gasteiger partial charge on any atom is -0.383 e. The molecule has 2 N–H and O–H groups in total. The summed E-state index contributed by atoms with van der Waals surface area (Å²) < 4.78 is 14.7. The lowest BCUT2D eigenvalue weighted by atomic mass is 9.93. The standard InChI is InChI=1S/C24H28FN3/c1-2-18-12-11-17(16-26)15-19(18)13-14-21-22(9-6-10-23(21)25)24(27)28-20-7-4-3-5-8-20/h6,9-12,15,20H,2-5,7-8,13-14H2,1H3,(H2,27,28). The van der Waals surface area contributed by atoms with Crippen LogP contribution in [0.3, 0.4) is 0 Å². The number of hydrogen-bond acceptors (Lipinski definition) is 2. The number of nitriles is 1. The second kappa shape index (κ2) is 9.50. The van der Waals surface area contributed by atoms with Crippen LogP contribution in [0.4, 0.5) is 4.39 Å². The Balaban J connectivity index is 1.85. The van der Waals surface area contributed by atoms with Crippen LogP contribution in [0.1, 0.15) is 66.8 Å². The number of halogens is 1. The van der Waals surface area contributed by atoms with Crippen molar-refractivity contribution >= 4 is 5.84 Å². The van der Waals surface area contributed by atoms with Gasteiger partial charge in [0.1, 0.15) is 11.7 Å². The number of hydrogen-bond donors (Lipinski definition) is 1. The minimum atomic E-state index is -0.242. The first-order valence-electron chi connectivity index (χ1n) is 10.2. The molecule has 1 aliphatic rings. The van der Waals surface area contributed by atoms with Crippen LogP contribution in [0.25, 0.3) is 0 Å². The van der Waals surface area contributed by atoms with Gasteiger partial charge in [0, 0.05) is 5.56 Å². The number of rotatable bonds is 6. The Kier molecular flexibility index (Phi) is 6.81. The number of nitrogens with two attached hydrogens (primary N) is 1. The Morgan fingerprint density at radius 2 is 1.93 bits per heavy atom. The van der Waals surface area contributed by atoms with E-state index >= 15 is 0 Å². The Hall–Kier alpha value is -2.67. The van der Waals surface area contributed by atoms with Gasteiger partial charge in [0.2, 0.25) is 0 Å². The third-order valence-electron chi connectivity index (χ3n) is 5.65. The molecule has 0 unspecified atom stereocenters. The van der Waals surface area contributed by atoms with E-state index in [0.717, 1.165) is 24.8 Å². The fraction of sp³-hybridized carbons (Fsp3) is 0.417. The Labute approximate surface area is 167 Å². The molecule has 0 heterocycles. The average molecular weight is 378 g/mol. The lowest BCUT2D eigenvalue weighted by molar-refractivity contribution is 0.443. The summed E-state index contributed by atoms with van der Waals surface area (Å²) in [6.45, 7) is 2.09. The smallest absolute Gasteiger partial charge is 0.127 e.